The van der Waals surface area contributed by atoms with Crippen molar-refractivity contribution in [2.45, 2.75) is 5.51 Å². The van der Waals surface area contributed by atoms with Crippen molar-refractivity contribution in [2.24, 2.45) is 0 Å². The van der Waals surface area contributed by atoms with Gasteiger partial charge in [0.05, 0.1) is 0 Å². The first-order valence-electron chi connectivity index (χ1n) is 3.30. The molecular weight excluding hydrogens is 259 g/mol. The molecule has 0 bridgehead atoms. The number of halogens is 4. The molecule has 0 aliphatic heterocycles. The van der Waals surface area contributed by atoms with Crippen LogP contribution in [0.5, 0.6) is 0 Å². The number of hydrogen-bond acceptors (Lipinski definition) is 4. The zero-order chi connectivity index (χ0) is 11.7. The van der Waals surface area contributed by atoms with Crippen LogP contribution in [0.15, 0.2) is 12.3 Å². The Morgan fingerprint density at radius 1 is 1.40 bits per heavy atom. The Balaban J connectivity index is 2.98. The first-order chi connectivity index (χ1) is 6.72. The number of nitrogens with zero attached hydrogens (tertiary/aromatic N) is 2. The van der Waals surface area contributed by atoms with Gasteiger partial charge in [-0.05, 0) is 17.7 Å². The second-order valence-corrected chi connectivity index (χ2v) is 4.27. The Hall–Kier alpha value is -1.09. The molecular formula is C5H3ClF3N3O2S. The minimum absolute atomic E-state index is 0.364. The quantitative estimate of drug-likeness (QED) is 0.817. The van der Waals surface area contributed by atoms with Crippen molar-refractivity contribution in [1.82, 2.24) is 9.97 Å². The molecule has 0 aromatic carbocycles. The van der Waals surface area contributed by atoms with Crippen LogP contribution in [0.2, 0.25) is 5.28 Å². The predicted molar refractivity (Wildman–Crippen MR) is 45.6 cm³/mol. The summed E-state index contributed by atoms with van der Waals surface area (Å²) < 4.78 is 58.1. The Kier molecular flexibility index (Phi) is 3.05. The maximum absolute atomic E-state index is 11.9. The molecule has 0 atom stereocenters. The molecule has 0 radical (unpaired) electrons. The normalized spacial score (nSPS) is 12.5. The van der Waals surface area contributed by atoms with Crippen LogP contribution in [-0.2, 0) is 10.0 Å². The molecule has 15 heavy (non-hydrogen) atoms. The van der Waals surface area contributed by atoms with Crippen molar-refractivity contribution in [2.75, 3.05) is 4.72 Å². The van der Waals surface area contributed by atoms with Crippen molar-refractivity contribution >= 4 is 27.4 Å². The van der Waals surface area contributed by atoms with Crippen LogP contribution in [0.1, 0.15) is 0 Å². The van der Waals surface area contributed by atoms with Crippen LogP contribution >= 0.6 is 11.6 Å². The van der Waals surface area contributed by atoms with E-state index in [4.69, 9.17) is 11.6 Å². The van der Waals surface area contributed by atoms with E-state index in [1.54, 1.807) is 0 Å². The van der Waals surface area contributed by atoms with E-state index in [2.05, 4.69) is 9.97 Å². The van der Waals surface area contributed by atoms with Gasteiger partial charge in [0.25, 0.3) is 0 Å². The molecule has 0 fully saturated rings. The number of anilines is 1. The van der Waals surface area contributed by atoms with Gasteiger partial charge in [-0.15, -0.1) is 0 Å². The summed E-state index contributed by atoms with van der Waals surface area (Å²) in [6, 6.07) is 0.940. The average Bonchev–Trinajstić information content (AvgIpc) is 2.00. The van der Waals surface area contributed by atoms with Gasteiger partial charge < -0.3 is 0 Å². The average molecular weight is 262 g/mol. The molecule has 0 aliphatic rings. The predicted octanol–water partition coefficient (Wildman–Crippen LogP) is 1.39. The van der Waals surface area contributed by atoms with Crippen molar-refractivity contribution in [1.29, 1.82) is 0 Å². The molecule has 1 heterocycles. The standard InChI is InChI=1S/C5H3ClF3N3O2S/c6-4-10-2-1-3(11-4)12-15(13,14)5(7,8)9/h1-2H,(H,10,11,12). The summed E-state index contributed by atoms with van der Waals surface area (Å²) in [6.45, 7) is 0. The van der Waals surface area contributed by atoms with Crippen molar-refractivity contribution < 1.29 is 21.6 Å². The number of sulfonamides is 1. The molecule has 1 rings (SSSR count). The van der Waals surface area contributed by atoms with Crippen LogP contribution in [0, 0.1) is 0 Å². The minimum atomic E-state index is -5.47. The van der Waals surface area contributed by atoms with Gasteiger partial charge in [0.15, 0.2) is 0 Å². The lowest BCUT2D eigenvalue weighted by Gasteiger charge is -2.09. The van der Waals surface area contributed by atoms with Crippen LogP contribution in [-0.4, -0.2) is 23.9 Å². The van der Waals surface area contributed by atoms with E-state index in [0.29, 0.717) is 0 Å². The zero-order valence-electron chi connectivity index (χ0n) is 6.79. The first-order valence-corrected chi connectivity index (χ1v) is 5.16. The fraction of sp³-hybridized carbons (Fsp3) is 0.200. The summed E-state index contributed by atoms with van der Waals surface area (Å²) in [7, 11) is -5.47. The summed E-state index contributed by atoms with van der Waals surface area (Å²) in [6.07, 6.45) is 1.02. The highest BCUT2D eigenvalue weighted by atomic mass is 35.5. The Morgan fingerprint density at radius 2 is 2.00 bits per heavy atom. The van der Waals surface area contributed by atoms with Gasteiger partial charge in [-0.2, -0.15) is 26.6 Å². The van der Waals surface area contributed by atoms with Gasteiger partial charge in [-0.25, -0.2) is 4.98 Å². The molecule has 0 saturated heterocycles. The highest BCUT2D eigenvalue weighted by molar-refractivity contribution is 7.93. The lowest BCUT2D eigenvalue weighted by Crippen LogP contribution is -2.30. The fourth-order valence-electron chi connectivity index (χ4n) is 0.587. The molecule has 0 saturated carbocycles. The SMILES string of the molecule is O=S(=O)(Nc1ccnc(Cl)n1)C(F)(F)F. The van der Waals surface area contributed by atoms with Crippen molar-refractivity contribution in [3.63, 3.8) is 0 Å². The second-order valence-electron chi connectivity index (χ2n) is 2.26. The van der Waals surface area contributed by atoms with E-state index in [1.165, 1.54) is 4.72 Å². The third-order valence-electron chi connectivity index (χ3n) is 1.17. The summed E-state index contributed by atoms with van der Waals surface area (Å²) in [5.74, 6) is -0.549. The van der Waals surface area contributed by atoms with E-state index in [1.807, 2.05) is 0 Å². The second kappa shape index (κ2) is 3.81. The topological polar surface area (TPSA) is 72.0 Å². The number of nitrogens with one attached hydrogen (secondary N) is 1. The van der Waals surface area contributed by atoms with Crippen LogP contribution < -0.4 is 4.72 Å². The van der Waals surface area contributed by atoms with Gasteiger partial charge in [-0.1, -0.05) is 0 Å². The lowest BCUT2D eigenvalue weighted by molar-refractivity contribution is -0.0429. The number of rotatable bonds is 2. The minimum Gasteiger partial charge on any atom is -0.260 e. The molecule has 0 amide bonds. The molecule has 84 valence electrons. The van der Waals surface area contributed by atoms with E-state index >= 15 is 0 Å². The summed E-state index contributed by atoms with van der Waals surface area (Å²) >= 11 is 5.25. The summed E-state index contributed by atoms with van der Waals surface area (Å²) in [5, 5.41) is -0.364. The van der Waals surface area contributed by atoms with Crippen LogP contribution in [0.4, 0.5) is 19.0 Å². The third-order valence-corrected chi connectivity index (χ3v) is 2.44. The number of hydrogen-bond donors (Lipinski definition) is 1. The number of alkyl halides is 3. The largest absolute Gasteiger partial charge is 0.516 e. The molecule has 0 spiro atoms. The van der Waals surface area contributed by atoms with E-state index in [-0.39, 0.29) is 5.28 Å². The van der Waals surface area contributed by atoms with Crippen LogP contribution in [0.3, 0.4) is 0 Å². The van der Waals surface area contributed by atoms with Gasteiger partial charge >= 0.3 is 15.5 Å². The van der Waals surface area contributed by atoms with Crippen molar-refractivity contribution in [3.05, 3.63) is 17.5 Å². The molecule has 0 unspecified atom stereocenters. The van der Waals surface area contributed by atoms with Gasteiger partial charge in [0, 0.05) is 6.20 Å². The molecule has 1 aromatic rings. The Bertz CT molecular complexity index is 461. The molecule has 5 nitrogen and oxygen atoms in total. The maximum atomic E-state index is 11.9. The smallest absolute Gasteiger partial charge is 0.260 e. The monoisotopic (exact) mass is 261 g/mol. The van der Waals surface area contributed by atoms with E-state index in [9.17, 15) is 21.6 Å². The number of aromatic nitrogens is 2. The van der Waals surface area contributed by atoms with Gasteiger partial charge in [0.2, 0.25) is 5.28 Å². The van der Waals surface area contributed by atoms with Gasteiger partial charge in [0.1, 0.15) is 5.82 Å². The molecule has 1 N–H and O–H groups in total. The highest BCUT2D eigenvalue weighted by Gasteiger charge is 2.46. The fourth-order valence-corrected chi connectivity index (χ4v) is 1.24. The summed E-state index contributed by atoms with van der Waals surface area (Å²) in [5.41, 5.74) is -5.40. The molecule has 0 aliphatic carbocycles. The summed E-state index contributed by atoms with van der Waals surface area (Å²) in [4.78, 5) is 6.61. The van der Waals surface area contributed by atoms with Crippen LogP contribution in [0.25, 0.3) is 0 Å². The van der Waals surface area contributed by atoms with Crippen molar-refractivity contribution in [3.8, 4) is 0 Å². The third kappa shape index (κ3) is 2.93. The lowest BCUT2D eigenvalue weighted by atomic mass is 10.6. The first kappa shape index (κ1) is 12.0. The highest BCUT2D eigenvalue weighted by Crippen LogP contribution is 2.24. The molecule has 1 aromatic heterocycles. The van der Waals surface area contributed by atoms with Gasteiger partial charge in [-0.3, -0.25) is 4.72 Å². The van der Waals surface area contributed by atoms with E-state index < -0.39 is 21.3 Å². The Morgan fingerprint density at radius 3 is 2.47 bits per heavy atom. The maximum Gasteiger partial charge on any atom is 0.516 e. The molecule has 10 heteroatoms. The Labute approximate surface area is 87.3 Å². The zero-order valence-corrected chi connectivity index (χ0v) is 8.36. The van der Waals surface area contributed by atoms with E-state index in [0.717, 1.165) is 12.3 Å².